The molecule has 2 amide bonds. The van der Waals surface area contributed by atoms with E-state index in [1.165, 1.54) is 25.8 Å². The number of benzene rings is 2. The van der Waals surface area contributed by atoms with E-state index in [1.54, 1.807) is 24.3 Å². The Morgan fingerprint density at radius 2 is 1.72 bits per heavy atom. The van der Waals surface area contributed by atoms with Crippen molar-refractivity contribution in [1.82, 2.24) is 10.2 Å². The minimum absolute atomic E-state index is 0.152. The number of hydrogen-bond acceptors (Lipinski definition) is 3. The van der Waals surface area contributed by atoms with Crippen LogP contribution in [0, 0.1) is 0 Å². The Labute approximate surface area is 173 Å². The molecule has 1 aliphatic heterocycles. The van der Waals surface area contributed by atoms with Crippen LogP contribution in [0.1, 0.15) is 59.7 Å². The van der Waals surface area contributed by atoms with E-state index < -0.39 is 0 Å². The van der Waals surface area contributed by atoms with Crippen LogP contribution in [0.4, 0.5) is 5.69 Å². The second-order valence-electron chi connectivity index (χ2n) is 7.71. The summed E-state index contributed by atoms with van der Waals surface area (Å²) < 4.78 is 0. The molecule has 0 bridgehead atoms. The molecule has 5 heteroatoms. The van der Waals surface area contributed by atoms with Crippen LogP contribution < -0.4 is 10.6 Å². The monoisotopic (exact) mass is 393 g/mol. The summed E-state index contributed by atoms with van der Waals surface area (Å²) in [6.07, 6.45) is 5.97. The van der Waals surface area contributed by atoms with Crippen LogP contribution in [0.3, 0.4) is 0 Å². The maximum absolute atomic E-state index is 12.6. The molecule has 1 saturated heterocycles. The van der Waals surface area contributed by atoms with Crippen molar-refractivity contribution in [2.75, 3.05) is 25.0 Å². The van der Waals surface area contributed by atoms with Crippen LogP contribution in [-0.2, 0) is 0 Å². The number of carbonyl (C=O) groups is 2. The number of rotatable bonds is 8. The standard InChI is InChI=1S/C24H31N3O2/c1-19-11-7-9-17-27(19)18-10-8-16-25-24(29)21-14-5-6-15-22(21)26-23(28)20-12-3-2-4-13-20/h2-6,12-15,19H,7-11,16-18H2,1H3,(H,25,29)(H,26,28). The van der Waals surface area contributed by atoms with Gasteiger partial charge in [-0.25, -0.2) is 0 Å². The van der Waals surface area contributed by atoms with Crippen LogP contribution >= 0.6 is 0 Å². The molecule has 29 heavy (non-hydrogen) atoms. The van der Waals surface area contributed by atoms with Gasteiger partial charge in [0.25, 0.3) is 11.8 Å². The molecule has 0 aliphatic carbocycles. The van der Waals surface area contributed by atoms with E-state index >= 15 is 0 Å². The van der Waals surface area contributed by atoms with Gasteiger partial charge in [-0.3, -0.25) is 9.59 Å². The summed E-state index contributed by atoms with van der Waals surface area (Å²) in [4.78, 5) is 27.6. The van der Waals surface area contributed by atoms with Gasteiger partial charge in [-0.2, -0.15) is 0 Å². The van der Waals surface area contributed by atoms with Crippen molar-refractivity contribution in [2.24, 2.45) is 0 Å². The third-order valence-electron chi connectivity index (χ3n) is 5.55. The lowest BCUT2D eigenvalue weighted by Crippen LogP contribution is -2.38. The van der Waals surface area contributed by atoms with Crippen LogP contribution in [0.5, 0.6) is 0 Å². The van der Waals surface area contributed by atoms with Gasteiger partial charge in [0.15, 0.2) is 0 Å². The summed E-state index contributed by atoms with van der Waals surface area (Å²) in [6.45, 7) is 5.24. The Bertz CT molecular complexity index is 807. The second kappa shape index (κ2) is 10.8. The Morgan fingerprint density at radius 3 is 2.52 bits per heavy atom. The summed E-state index contributed by atoms with van der Waals surface area (Å²) in [5, 5.41) is 5.84. The minimum atomic E-state index is -0.221. The molecule has 1 heterocycles. The van der Waals surface area contributed by atoms with Gasteiger partial charge in [-0.15, -0.1) is 0 Å². The predicted molar refractivity (Wildman–Crippen MR) is 117 cm³/mol. The van der Waals surface area contributed by atoms with Crippen molar-refractivity contribution in [3.63, 3.8) is 0 Å². The van der Waals surface area contributed by atoms with Gasteiger partial charge in [0, 0.05) is 18.2 Å². The van der Waals surface area contributed by atoms with Crippen molar-refractivity contribution in [1.29, 1.82) is 0 Å². The summed E-state index contributed by atoms with van der Waals surface area (Å²) >= 11 is 0. The Kier molecular flexibility index (Phi) is 7.82. The number of hydrogen-bond donors (Lipinski definition) is 2. The summed E-state index contributed by atoms with van der Waals surface area (Å²) in [7, 11) is 0. The third-order valence-corrected chi connectivity index (χ3v) is 5.55. The molecule has 1 atom stereocenters. The highest BCUT2D eigenvalue weighted by molar-refractivity contribution is 6.08. The number of anilines is 1. The largest absolute Gasteiger partial charge is 0.352 e. The number of para-hydroxylation sites is 1. The first-order valence-corrected chi connectivity index (χ1v) is 10.6. The molecule has 1 fully saturated rings. The molecule has 2 N–H and O–H groups in total. The van der Waals surface area contributed by atoms with Crippen molar-refractivity contribution in [3.8, 4) is 0 Å². The van der Waals surface area contributed by atoms with Gasteiger partial charge in [-0.1, -0.05) is 36.8 Å². The second-order valence-corrected chi connectivity index (χ2v) is 7.71. The Morgan fingerprint density at radius 1 is 0.966 bits per heavy atom. The molecule has 1 unspecified atom stereocenters. The zero-order chi connectivity index (χ0) is 20.5. The first-order valence-electron chi connectivity index (χ1n) is 10.6. The normalized spacial score (nSPS) is 16.9. The fourth-order valence-corrected chi connectivity index (χ4v) is 3.80. The van der Waals surface area contributed by atoms with Crippen molar-refractivity contribution in [2.45, 2.75) is 45.1 Å². The van der Waals surface area contributed by atoms with Gasteiger partial charge >= 0.3 is 0 Å². The van der Waals surface area contributed by atoms with E-state index in [9.17, 15) is 9.59 Å². The quantitative estimate of drug-likeness (QED) is 0.657. The maximum atomic E-state index is 12.6. The molecule has 0 aromatic heterocycles. The zero-order valence-electron chi connectivity index (χ0n) is 17.2. The van der Waals surface area contributed by atoms with E-state index in [-0.39, 0.29) is 11.8 Å². The fraction of sp³-hybridized carbons (Fsp3) is 0.417. The first kappa shape index (κ1) is 21.1. The molecule has 2 aromatic rings. The molecule has 0 spiro atoms. The van der Waals surface area contributed by atoms with E-state index in [2.05, 4.69) is 22.5 Å². The summed E-state index contributed by atoms with van der Waals surface area (Å²) in [6, 6.07) is 16.8. The average Bonchev–Trinajstić information content (AvgIpc) is 2.75. The van der Waals surface area contributed by atoms with E-state index in [0.29, 0.717) is 29.4 Å². The molecule has 5 nitrogen and oxygen atoms in total. The average molecular weight is 394 g/mol. The van der Waals surface area contributed by atoms with Crippen molar-refractivity contribution >= 4 is 17.5 Å². The maximum Gasteiger partial charge on any atom is 0.255 e. The number of unbranched alkanes of at least 4 members (excludes halogenated alkanes) is 1. The smallest absolute Gasteiger partial charge is 0.255 e. The Hall–Kier alpha value is -2.66. The number of piperidine rings is 1. The van der Waals surface area contributed by atoms with Crippen LogP contribution in [-0.4, -0.2) is 42.4 Å². The molecule has 0 radical (unpaired) electrons. The van der Waals surface area contributed by atoms with Crippen molar-refractivity contribution in [3.05, 3.63) is 65.7 Å². The zero-order valence-corrected chi connectivity index (χ0v) is 17.2. The molecule has 0 saturated carbocycles. The first-order chi connectivity index (χ1) is 14.1. The highest BCUT2D eigenvalue weighted by Crippen LogP contribution is 2.18. The minimum Gasteiger partial charge on any atom is -0.352 e. The molecular formula is C24H31N3O2. The fourth-order valence-electron chi connectivity index (χ4n) is 3.80. The van der Waals surface area contributed by atoms with Gasteiger partial charge in [0.1, 0.15) is 0 Å². The molecule has 1 aliphatic rings. The lowest BCUT2D eigenvalue weighted by Gasteiger charge is -2.33. The van der Waals surface area contributed by atoms with E-state index in [4.69, 9.17) is 0 Å². The number of nitrogens with one attached hydrogen (secondary N) is 2. The molecule has 154 valence electrons. The number of carbonyl (C=O) groups excluding carboxylic acids is 2. The SMILES string of the molecule is CC1CCCCN1CCCCNC(=O)c1ccccc1NC(=O)c1ccccc1. The van der Waals surface area contributed by atoms with Crippen molar-refractivity contribution < 1.29 is 9.59 Å². The van der Waals surface area contributed by atoms with E-state index in [1.807, 2.05) is 30.3 Å². The predicted octanol–water partition coefficient (Wildman–Crippen LogP) is 4.32. The lowest BCUT2D eigenvalue weighted by atomic mass is 10.0. The highest BCUT2D eigenvalue weighted by Gasteiger charge is 2.17. The summed E-state index contributed by atoms with van der Waals surface area (Å²) in [5.41, 5.74) is 1.58. The number of amides is 2. The van der Waals surface area contributed by atoms with Crippen LogP contribution in [0.2, 0.25) is 0 Å². The van der Waals surface area contributed by atoms with Gasteiger partial charge < -0.3 is 15.5 Å². The molecule has 3 rings (SSSR count). The van der Waals surface area contributed by atoms with Gasteiger partial charge in [-0.05, 0) is 70.0 Å². The van der Waals surface area contributed by atoms with Gasteiger partial charge in [0.2, 0.25) is 0 Å². The van der Waals surface area contributed by atoms with Gasteiger partial charge in [0.05, 0.1) is 11.3 Å². The summed E-state index contributed by atoms with van der Waals surface area (Å²) in [5.74, 6) is -0.373. The van der Waals surface area contributed by atoms with Crippen LogP contribution in [0.15, 0.2) is 54.6 Å². The number of nitrogens with zero attached hydrogens (tertiary/aromatic N) is 1. The molecule has 2 aromatic carbocycles. The highest BCUT2D eigenvalue weighted by atomic mass is 16.2. The van der Waals surface area contributed by atoms with E-state index in [0.717, 1.165) is 19.4 Å². The third kappa shape index (κ3) is 6.16. The Balaban J connectivity index is 1.47. The topological polar surface area (TPSA) is 61.4 Å². The molecular weight excluding hydrogens is 362 g/mol. The number of likely N-dealkylation sites (tertiary alicyclic amines) is 1. The lowest BCUT2D eigenvalue weighted by molar-refractivity contribution is 0.0952. The van der Waals surface area contributed by atoms with Crippen LogP contribution in [0.25, 0.3) is 0 Å².